The maximum absolute atomic E-state index is 12.5. The zero-order valence-electron chi connectivity index (χ0n) is 12.9. The molecule has 114 valence electrons. The average molecular weight is 296 g/mol. The molecule has 2 aromatic rings. The average Bonchev–Trinajstić information content (AvgIpc) is 2.57. The van der Waals surface area contributed by atoms with Crippen molar-refractivity contribution in [1.29, 1.82) is 0 Å². The van der Waals surface area contributed by atoms with E-state index in [1.165, 1.54) is 7.11 Å². The summed E-state index contributed by atoms with van der Waals surface area (Å²) in [7, 11) is 1.51. The van der Waals surface area contributed by atoms with Gasteiger partial charge >= 0.3 is 0 Å². The van der Waals surface area contributed by atoms with Crippen LogP contribution in [0.2, 0.25) is 0 Å². The van der Waals surface area contributed by atoms with Crippen LogP contribution in [0.25, 0.3) is 0 Å². The van der Waals surface area contributed by atoms with Gasteiger partial charge in [0.15, 0.2) is 11.6 Å². The number of hydrogen-bond donors (Lipinski definition) is 0. The summed E-state index contributed by atoms with van der Waals surface area (Å²) >= 11 is 0. The van der Waals surface area contributed by atoms with E-state index >= 15 is 0 Å². The molecule has 2 rings (SSSR count). The fourth-order valence-corrected chi connectivity index (χ4v) is 2.51. The predicted molar refractivity (Wildman–Crippen MR) is 86.1 cm³/mol. The Hall–Kier alpha value is -2.26. The number of hydrogen-bond acceptors (Lipinski definition) is 3. The van der Waals surface area contributed by atoms with E-state index in [-0.39, 0.29) is 23.9 Å². The molecule has 0 saturated heterocycles. The number of methoxy groups -OCH3 is 1. The lowest BCUT2D eigenvalue weighted by molar-refractivity contribution is 0.0408. The Morgan fingerprint density at radius 2 is 1.41 bits per heavy atom. The molecule has 0 aliphatic rings. The highest BCUT2D eigenvalue weighted by atomic mass is 16.5. The minimum absolute atomic E-state index is 0.0241. The Morgan fingerprint density at radius 1 is 0.909 bits per heavy atom. The first kappa shape index (κ1) is 16.1. The SMILES string of the molecule is CO[C@H](C(=O)c1ccccc1)[C@@H](C)CC(=O)c1ccccc1. The number of carbonyl (C=O) groups is 2. The van der Waals surface area contributed by atoms with E-state index in [1.807, 2.05) is 43.3 Å². The van der Waals surface area contributed by atoms with Gasteiger partial charge in [0.05, 0.1) is 0 Å². The molecule has 3 heteroatoms. The number of carbonyl (C=O) groups excluding carboxylic acids is 2. The second-order valence-corrected chi connectivity index (χ2v) is 5.36. The summed E-state index contributed by atoms with van der Waals surface area (Å²) in [5.41, 5.74) is 1.27. The summed E-state index contributed by atoms with van der Waals surface area (Å²) in [5, 5.41) is 0. The molecular formula is C19H20O3. The largest absolute Gasteiger partial charge is 0.373 e. The molecule has 0 fully saturated rings. The Balaban J connectivity index is 2.07. The lowest BCUT2D eigenvalue weighted by Gasteiger charge is -2.21. The molecule has 0 aromatic heterocycles. The highest BCUT2D eigenvalue weighted by Crippen LogP contribution is 2.19. The van der Waals surface area contributed by atoms with E-state index in [0.29, 0.717) is 11.1 Å². The molecule has 0 amide bonds. The van der Waals surface area contributed by atoms with Crippen molar-refractivity contribution in [3.05, 3.63) is 71.8 Å². The normalized spacial score (nSPS) is 13.4. The van der Waals surface area contributed by atoms with Crippen molar-refractivity contribution in [2.75, 3.05) is 7.11 Å². The highest BCUT2D eigenvalue weighted by Gasteiger charge is 2.27. The van der Waals surface area contributed by atoms with Gasteiger partial charge in [-0.25, -0.2) is 0 Å². The van der Waals surface area contributed by atoms with Crippen LogP contribution in [0.5, 0.6) is 0 Å². The van der Waals surface area contributed by atoms with Crippen molar-refractivity contribution in [1.82, 2.24) is 0 Å². The minimum atomic E-state index is -0.616. The maximum atomic E-state index is 12.5. The first-order chi connectivity index (χ1) is 10.6. The van der Waals surface area contributed by atoms with E-state index < -0.39 is 6.10 Å². The van der Waals surface area contributed by atoms with Crippen LogP contribution < -0.4 is 0 Å². The monoisotopic (exact) mass is 296 g/mol. The van der Waals surface area contributed by atoms with Gasteiger partial charge in [0, 0.05) is 24.7 Å². The van der Waals surface area contributed by atoms with Crippen LogP contribution in [-0.2, 0) is 4.74 Å². The van der Waals surface area contributed by atoms with E-state index in [4.69, 9.17) is 4.74 Å². The molecule has 0 bridgehead atoms. The van der Waals surface area contributed by atoms with Crippen LogP contribution in [0.3, 0.4) is 0 Å². The highest BCUT2D eigenvalue weighted by molar-refractivity contribution is 6.01. The Bertz CT molecular complexity index is 620. The summed E-state index contributed by atoms with van der Waals surface area (Å²) in [6.45, 7) is 1.87. The van der Waals surface area contributed by atoms with E-state index in [2.05, 4.69) is 0 Å². The number of ketones is 2. The zero-order chi connectivity index (χ0) is 15.9. The number of ether oxygens (including phenoxy) is 1. The first-order valence-corrected chi connectivity index (χ1v) is 7.33. The smallest absolute Gasteiger partial charge is 0.191 e. The van der Waals surface area contributed by atoms with E-state index in [0.717, 1.165) is 0 Å². The molecule has 0 radical (unpaired) electrons. The van der Waals surface area contributed by atoms with E-state index in [9.17, 15) is 9.59 Å². The summed E-state index contributed by atoms with van der Waals surface area (Å²) in [4.78, 5) is 24.8. The third-order valence-corrected chi connectivity index (χ3v) is 3.69. The lowest BCUT2D eigenvalue weighted by atomic mass is 9.90. The van der Waals surface area contributed by atoms with Crippen molar-refractivity contribution in [2.24, 2.45) is 5.92 Å². The molecule has 3 nitrogen and oxygen atoms in total. The van der Waals surface area contributed by atoms with E-state index in [1.54, 1.807) is 24.3 Å². The Labute approximate surface area is 130 Å². The van der Waals surface area contributed by atoms with Crippen molar-refractivity contribution >= 4 is 11.6 Å². The number of benzene rings is 2. The Morgan fingerprint density at radius 3 is 1.91 bits per heavy atom. The molecule has 22 heavy (non-hydrogen) atoms. The number of rotatable bonds is 7. The van der Waals surface area contributed by atoms with Gasteiger partial charge in [0.25, 0.3) is 0 Å². The standard InChI is InChI=1S/C19H20O3/c1-14(13-17(20)15-9-5-3-6-10-15)19(22-2)18(21)16-11-7-4-8-12-16/h3-12,14,19H,13H2,1-2H3/t14-,19-/m0/s1. The molecule has 0 N–H and O–H groups in total. The topological polar surface area (TPSA) is 43.4 Å². The predicted octanol–water partition coefficient (Wildman–Crippen LogP) is 3.79. The Kier molecular flexibility index (Phi) is 5.61. The lowest BCUT2D eigenvalue weighted by Crippen LogP contribution is -2.31. The van der Waals surface area contributed by atoms with Crippen LogP contribution in [0.15, 0.2) is 60.7 Å². The van der Waals surface area contributed by atoms with Crippen LogP contribution in [0.4, 0.5) is 0 Å². The summed E-state index contributed by atoms with van der Waals surface area (Å²) in [6, 6.07) is 18.1. The fourth-order valence-electron chi connectivity index (χ4n) is 2.51. The number of Topliss-reactive ketones (excluding diaryl/α,β-unsaturated/α-hetero) is 2. The molecule has 0 aliphatic heterocycles. The van der Waals surface area contributed by atoms with Crippen LogP contribution in [0.1, 0.15) is 34.1 Å². The maximum Gasteiger partial charge on any atom is 0.191 e. The third kappa shape index (κ3) is 3.89. The van der Waals surface area contributed by atoms with Crippen LogP contribution in [-0.4, -0.2) is 24.8 Å². The van der Waals surface area contributed by atoms with Crippen molar-refractivity contribution in [2.45, 2.75) is 19.4 Å². The van der Waals surface area contributed by atoms with Crippen LogP contribution in [0, 0.1) is 5.92 Å². The molecular weight excluding hydrogens is 276 g/mol. The second-order valence-electron chi connectivity index (χ2n) is 5.36. The quantitative estimate of drug-likeness (QED) is 0.730. The van der Waals surface area contributed by atoms with Gasteiger partial charge in [-0.05, 0) is 5.92 Å². The minimum Gasteiger partial charge on any atom is -0.373 e. The fraction of sp³-hybridized carbons (Fsp3) is 0.263. The van der Waals surface area contributed by atoms with Gasteiger partial charge in [-0.1, -0.05) is 67.6 Å². The molecule has 0 aliphatic carbocycles. The summed E-state index contributed by atoms with van der Waals surface area (Å²) in [6.07, 6.45) is -0.337. The van der Waals surface area contributed by atoms with Crippen LogP contribution >= 0.6 is 0 Å². The molecule has 0 unspecified atom stereocenters. The van der Waals surface area contributed by atoms with Crippen molar-refractivity contribution in [3.8, 4) is 0 Å². The zero-order valence-corrected chi connectivity index (χ0v) is 12.9. The molecule has 2 atom stereocenters. The van der Waals surface area contributed by atoms with Gasteiger partial charge < -0.3 is 4.74 Å². The van der Waals surface area contributed by atoms with Gasteiger partial charge in [-0.2, -0.15) is 0 Å². The molecule has 0 saturated carbocycles. The van der Waals surface area contributed by atoms with Gasteiger partial charge in [0.1, 0.15) is 6.10 Å². The van der Waals surface area contributed by atoms with Crippen molar-refractivity contribution in [3.63, 3.8) is 0 Å². The van der Waals surface area contributed by atoms with Gasteiger partial charge in [0.2, 0.25) is 0 Å². The summed E-state index contributed by atoms with van der Waals surface area (Å²) < 4.78 is 5.36. The van der Waals surface area contributed by atoms with Gasteiger partial charge in [-0.15, -0.1) is 0 Å². The van der Waals surface area contributed by atoms with Gasteiger partial charge in [-0.3, -0.25) is 9.59 Å². The molecule has 2 aromatic carbocycles. The first-order valence-electron chi connectivity index (χ1n) is 7.33. The molecule has 0 spiro atoms. The third-order valence-electron chi connectivity index (χ3n) is 3.69. The summed E-state index contributed by atoms with van der Waals surface area (Å²) in [5.74, 6) is -0.252. The molecule has 0 heterocycles. The second kappa shape index (κ2) is 7.66. The van der Waals surface area contributed by atoms with Crippen molar-refractivity contribution < 1.29 is 14.3 Å².